The fraction of sp³-hybridized carbons (Fsp3) is 0.571. The number of nitrogens with zero attached hydrogens (tertiary/aromatic N) is 1. The van der Waals surface area contributed by atoms with Crippen LogP contribution in [0.15, 0.2) is 24.3 Å². The van der Waals surface area contributed by atoms with Crippen LogP contribution in [0.5, 0.6) is 0 Å². The molecule has 2 fully saturated rings. The van der Waals surface area contributed by atoms with E-state index in [1.165, 1.54) is 54.3 Å². The summed E-state index contributed by atoms with van der Waals surface area (Å²) in [7, 11) is 0. The van der Waals surface area contributed by atoms with Crippen molar-refractivity contribution in [1.29, 1.82) is 0 Å². The molecule has 1 aromatic carbocycles. The van der Waals surface area contributed by atoms with Crippen molar-refractivity contribution >= 4 is 28.6 Å². The molecule has 4 nitrogen and oxygen atoms in total. The third-order valence-corrected chi connectivity index (χ3v) is 7.41. The highest BCUT2D eigenvalue weighted by atomic mass is 32.2. The minimum atomic E-state index is -0.00276. The van der Waals surface area contributed by atoms with Gasteiger partial charge in [-0.15, -0.1) is 11.8 Å². The lowest BCUT2D eigenvalue weighted by Crippen LogP contribution is -2.50. The zero-order valence-electron chi connectivity index (χ0n) is 15.2. The number of H-pyrrole nitrogens is 1. The van der Waals surface area contributed by atoms with Crippen molar-refractivity contribution in [1.82, 2.24) is 15.2 Å². The molecule has 2 aromatic rings. The SMILES string of the molecule is O=C(C1CSCN1)N1CCc2c([nH]c3ccccc23)C1C1CCCCC1. The van der Waals surface area contributed by atoms with E-state index >= 15 is 0 Å². The Morgan fingerprint density at radius 2 is 2.00 bits per heavy atom. The van der Waals surface area contributed by atoms with Gasteiger partial charge >= 0.3 is 0 Å². The van der Waals surface area contributed by atoms with Crippen LogP contribution in [0.2, 0.25) is 0 Å². The standard InChI is InChI=1S/C21H27N3OS/c25-21(18-12-26-13-22-18)24-11-10-16-15-8-4-5-9-17(15)23-19(16)20(24)14-6-2-1-3-7-14/h4-5,8-9,14,18,20,22-23H,1-3,6-7,10-13H2. The number of fused-ring (bicyclic) bond motifs is 3. The molecule has 3 aliphatic rings. The van der Waals surface area contributed by atoms with Gasteiger partial charge < -0.3 is 9.88 Å². The Morgan fingerprint density at radius 3 is 2.81 bits per heavy atom. The van der Waals surface area contributed by atoms with Gasteiger partial charge in [-0.25, -0.2) is 0 Å². The van der Waals surface area contributed by atoms with E-state index in [1.54, 1.807) is 0 Å². The maximum absolute atomic E-state index is 13.3. The van der Waals surface area contributed by atoms with E-state index in [0.717, 1.165) is 24.6 Å². The number of rotatable bonds is 2. The van der Waals surface area contributed by atoms with Crippen LogP contribution in [0.25, 0.3) is 10.9 Å². The van der Waals surface area contributed by atoms with Gasteiger partial charge in [-0.2, -0.15) is 0 Å². The van der Waals surface area contributed by atoms with Crippen molar-refractivity contribution < 1.29 is 4.79 Å². The van der Waals surface area contributed by atoms with E-state index in [-0.39, 0.29) is 12.1 Å². The molecule has 2 unspecified atom stereocenters. The highest BCUT2D eigenvalue weighted by Gasteiger charge is 2.41. The highest BCUT2D eigenvalue weighted by molar-refractivity contribution is 7.99. The first-order valence-corrected chi connectivity index (χ1v) is 11.2. The minimum Gasteiger partial charge on any atom is -0.356 e. The third kappa shape index (κ3) is 2.76. The second kappa shape index (κ2) is 6.93. The van der Waals surface area contributed by atoms with Gasteiger partial charge in [-0.3, -0.25) is 10.1 Å². The van der Waals surface area contributed by atoms with Gasteiger partial charge in [0.1, 0.15) is 0 Å². The molecule has 26 heavy (non-hydrogen) atoms. The molecular weight excluding hydrogens is 342 g/mol. The summed E-state index contributed by atoms with van der Waals surface area (Å²) in [4.78, 5) is 19.3. The number of para-hydroxylation sites is 1. The number of thioether (sulfide) groups is 1. The van der Waals surface area contributed by atoms with Crippen LogP contribution >= 0.6 is 11.8 Å². The van der Waals surface area contributed by atoms with E-state index in [2.05, 4.69) is 39.5 Å². The highest BCUT2D eigenvalue weighted by Crippen LogP contribution is 2.44. The molecule has 5 heteroatoms. The Bertz CT molecular complexity index is 805. The maximum Gasteiger partial charge on any atom is 0.241 e. The molecule has 0 spiro atoms. The van der Waals surface area contributed by atoms with E-state index in [4.69, 9.17) is 0 Å². The molecule has 138 valence electrons. The lowest BCUT2D eigenvalue weighted by Gasteiger charge is -2.42. The Morgan fingerprint density at radius 1 is 1.15 bits per heavy atom. The first-order chi connectivity index (χ1) is 12.8. The van der Waals surface area contributed by atoms with E-state index in [0.29, 0.717) is 11.8 Å². The number of nitrogens with one attached hydrogen (secondary N) is 2. The number of hydrogen-bond acceptors (Lipinski definition) is 3. The summed E-state index contributed by atoms with van der Waals surface area (Å²) in [5, 5.41) is 4.74. The van der Waals surface area contributed by atoms with Crippen molar-refractivity contribution in [2.45, 2.75) is 50.6 Å². The van der Waals surface area contributed by atoms with Gasteiger partial charge in [0.05, 0.1) is 12.1 Å². The molecule has 1 aromatic heterocycles. The van der Waals surface area contributed by atoms with Gasteiger partial charge in [0.2, 0.25) is 5.91 Å². The maximum atomic E-state index is 13.3. The average molecular weight is 370 g/mol. The lowest BCUT2D eigenvalue weighted by molar-refractivity contribution is -0.137. The van der Waals surface area contributed by atoms with Gasteiger partial charge in [0, 0.05) is 34.8 Å². The van der Waals surface area contributed by atoms with Crippen LogP contribution in [-0.4, -0.2) is 40.0 Å². The van der Waals surface area contributed by atoms with Crippen molar-refractivity contribution in [2.24, 2.45) is 5.92 Å². The van der Waals surface area contributed by atoms with Crippen LogP contribution in [0.4, 0.5) is 0 Å². The molecule has 2 atom stereocenters. The van der Waals surface area contributed by atoms with Crippen LogP contribution < -0.4 is 5.32 Å². The third-order valence-electron chi connectivity index (χ3n) is 6.47. The number of carbonyl (C=O) groups excluding carboxylic acids is 1. The van der Waals surface area contributed by atoms with Crippen LogP contribution in [-0.2, 0) is 11.2 Å². The molecule has 2 aliphatic heterocycles. The fourth-order valence-corrected chi connectivity index (χ4v) is 6.14. The number of hydrogen-bond donors (Lipinski definition) is 2. The first kappa shape index (κ1) is 16.7. The molecule has 1 saturated carbocycles. The predicted molar refractivity (Wildman–Crippen MR) is 107 cm³/mol. The number of benzene rings is 1. The monoisotopic (exact) mass is 369 g/mol. The van der Waals surface area contributed by atoms with Crippen LogP contribution in [0.1, 0.15) is 49.4 Å². The Balaban J connectivity index is 1.56. The zero-order valence-corrected chi connectivity index (χ0v) is 16.0. The second-order valence-corrected chi connectivity index (χ2v) is 8.99. The molecule has 1 amide bonds. The van der Waals surface area contributed by atoms with Gasteiger partial charge in [-0.1, -0.05) is 37.5 Å². The fourth-order valence-electron chi connectivity index (χ4n) is 5.21. The normalized spacial score (nSPS) is 27.0. The molecule has 5 rings (SSSR count). The molecule has 1 aliphatic carbocycles. The summed E-state index contributed by atoms with van der Waals surface area (Å²) in [6.07, 6.45) is 7.41. The van der Waals surface area contributed by atoms with Gasteiger partial charge in [0.15, 0.2) is 0 Å². The van der Waals surface area contributed by atoms with Crippen LogP contribution in [0.3, 0.4) is 0 Å². The number of amides is 1. The number of aromatic amines is 1. The van der Waals surface area contributed by atoms with E-state index in [9.17, 15) is 4.79 Å². The van der Waals surface area contributed by atoms with Crippen molar-refractivity contribution in [3.63, 3.8) is 0 Å². The van der Waals surface area contributed by atoms with Crippen LogP contribution in [0, 0.1) is 5.92 Å². The molecule has 1 saturated heterocycles. The lowest BCUT2D eigenvalue weighted by atomic mass is 9.79. The molecule has 0 radical (unpaired) electrons. The van der Waals surface area contributed by atoms with Gasteiger partial charge in [0.25, 0.3) is 0 Å². The Labute approximate surface area is 159 Å². The summed E-state index contributed by atoms with van der Waals surface area (Å²) in [6, 6.07) is 8.86. The Kier molecular flexibility index (Phi) is 4.45. The number of carbonyl (C=O) groups is 1. The summed E-state index contributed by atoms with van der Waals surface area (Å²) < 4.78 is 0. The summed E-state index contributed by atoms with van der Waals surface area (Å²) >= 11 is 1.83. The van der Waals surface area contributed by atoms with Crippen molar-refractivity contribution in [2.75, 3.05) is 18.2 Å². The van der Waals surface area contributed by atoms with E-state index < -0.39 is 0 Å². The van der Waals surface area contributed by atoms with Crippen molar-refractivity contribution in [3.8, 4) is 0 Å². The Hall–Kier alpha value is -1.46. The average Bonchev–Trinajstić information content (AvgIpc) is 3.35. The predicted octanol–water partition coefficient (Wildman–Crippen LogP) is 3.84. The first-order valence-electron chi connectivity index (χ1n) is 10.0. The molecule has 3 heterocycles. The topological polar surface area (TPSA) is 48.1 Å². The molecule has 0 bridgehead atoms. The quantitative estimate of drug-likeness (QED) is 0.846. The molecular formula is C21H27N3OS. The minimum absolute atomic E-state index is 0.00276. The molecule has 2 N–H and O–H groups in total. The summed E-state index contributed by atoms with van der Waals surface area (Å²) in [6.45, 7) is 0.859. The zero-order chi connectivity index (χ0) is 17.5. The second-order valence-electron chi connectivity index (χ2n) is 7.96. The van der Waals surface area contributed by atoms with E-state index in [1.807, 2.05) is 11.8 Å². The van der Waals surface area contributed by atoms with Crippen molar-refractivity contribution in [3.05, 3.63) is 35.5 Å². The summed E-state index contributed by atoms with van der Waals surface area (Å²) in [5.41, 5.74) is 4.00. The number of aromatic nitrogens is 1. The largest absolute Gasteiger partial charge is 0.356 e. The summed E-state index contributed by atoms with van der Waals surface area (Å²) in [5.74, 6) is 2.71. The van der Waals surface area contributed by atoms with Gasteiger partial charge in [-0.05, 0) is 36.8 Å². The smallest absolute Gasteiger partial charge is 0.241 e.